The summed E-state index contributed by atoms with van der Waals surface area (Å²) in [4.78, 5) is 0. The fourth-order valence-corrected chi connectivity index (χ4v) is 2.83. The van der Waals surface area contributed by atoms with Gasteiger partial charge in [0.05, 0.1) is 0 Å². The monoisotopic (exact) mass is 216 g/mol. The minimum absolute atomic E-state index is 0.461. The van der Waals surface area contributed by atoms with Gasteiger partial charge in [0.15, 0.2) is 0 Å². The highest BCUT2D eigenvalue weighted by atomic mass is 32.2. The van der Waals surface area contributed by atoms with Crippen molar-refractivity contribution >= 4 is 11.8 Å². The van der Waals surface area contributed by atoms with E-state index in [0.29, 0.717) is 10.8 Å². The maximum atomic E-state index is 3.69. The Morgan fingerprint density at radius 2 is 2.14 bits per heavy atom. The molecule has 2 N–H and O–H groups in total. The van der Waals surface area contributed by atoms with Gasteiger partial charge in [-0.2, -0.15) is 11.8 Å². The molecular formula is C11H24N2S. The third-order valence-corrected chi connectivity index (χ3v) is 5.08. The van der Waals surface area contributed by atoms with Crippen molar-refractivity contribution in [2.45, 2.75) is 43.9 Å². The van der Waals surface area contributed by atoms with Crippen molar-refractivity contribution in [2.24, 2.45) is 0 Å². The van der Waals surface area contributed by atoms with Crippen molar-refractivity contribution < 1.29 is 0 Å². The lowest BCUT2D eigenvalue weighted by molar-refractivity contribution is 0.451. The molecule has 2 nitrogen and oxygen atoms in total. The van der Waals surface area contributed by atoms with Gasteiger partial charge < -0.3 is 10.6 Å². The molecule has 1 fully saturated rings. The summed E-state index contributed by atoms with van der Waals surface area (Å²) in [5.41, 5.74) is 0. The van der Waals surface area contributed by atoms with Crippen LogP contribution in [0.4, 0.5) is 0 Å². The lowest BCUT2D eigenvalue weighted by atomic mass is 10.0. The molecule has 1 saturated heterocycles. The molecule has 1 atom stereocenters. The average Bonchev–Trinajstić information content (AvgIpc) is 2.74. The van der Waals surface area contributed by atoms with Gasteiger partial charge in [-0.3, -0.25) is 0 Å². The maximum absolute atomic E-state index is 3.69. The Morgan fingerprint density at radius 3 is 2.57 bits per heavy atom. The third kappa shape index (κ3) is 3.14. The first-order valence-electron chi connectivity index (χ1n) is 5.75. The zero-order valence-electron chi connectivity index (χ0n) is 9.73. The lowest BCUT2D eigenvalue weighted by Crippen LogP contribution is -2.42. The second-order valence-electron chi connectivity index (χ2n) is 4.16. The van der Waals surface area contributed by atoms with Crippen LogP contribution in [-0.2, 0) is 0 Å². The Hall–Kier alpha value is 0.270. The van der Waals surface area contributed by atoms with E-state index in [1.54, 1.807) is 0 Å². The number of hydrogen-bond acceptors (Lipinski definition) is 3. The first-order chi connectivity index (χ1) is 6.76. The SMILES string of the molecule is CCC(CC)(CNC1CCNC1)SC. The summed E-state index contributed by atoms with van der Waals surface area (Å²) in [6.07, 6.45) is 6.05. The molecule has 14 heavy (non-hydrogen) atoms. The topological polar surface area (TPSA) is 24.1 Å². The molecule has 0 aromatic heterocycles. The summed E-state index contributed by atoms with van der Waals surface area (Å²) in [7, 11) is 0. The van der Waals surface area contributed by atoms with E-state index < -0.39 is 0 Å². The van der Waals surface area contributed by atoms with E-state index in [2.05, 4.69) is 30.7 Å². The minimum atomic E-state index is 0.461. The fourth-order valence-electron chi connectivity index (χ4n) is 2.02. The summed E-state index contributed by atoms with van der Waals surface area (Å²) in [5.74, 6) is 0. The van der Waals surface area contributed by atoms with Gasteiger partial charge in [-0.05, 0) is 32.1 Å². The Morgan fingerprint density at radius 1 is 1.43 bits per heavy atom. The normalized spacial score (nSPS) is 22.9. The summed E-state index contributed by atoms with van der Waals surface area (Å²) in [6.45, 7) is 8.09. The maximum Gasteiger partial charge on any atom is 0.0276 e. The van der Waals surface area contributed by atoms with Gasteiger partial charge >= 0.3 is 0 Å². The fraction of sp³-hybridized carbons (Fsp3) is 1.00. The number of rotatable bonds is 6. The zero-order valence-corrected chi connectivity index (χ0v) is 10.5. The Kier molecular flexibility index (Phi) is 5.28. The predicted octanol–water partition coefficient (Wildman–Crippen LogP) is 1.86. The standard InChI is InChI=1S/C11H24N2S/c1-4-11(5-2,14-3)9-13-10-6-7-12-8-10/h10,12-13H,4-9H2,1-3H3. The summed E-state index contributed by atoms with van der Waals surface area (Å²) >= 11 is 2.02. The van der Waals surface area contributed by atoms with Crippen LogP contribution in [0.15, 0.2) is 0 Å². The van der Waals surface area contributed by atoms with E-state index >= 15 is 0 Å². The van der Waals surface area contributed by atoms with E-state index in [9.17, 15) is 0 Å². The van der Waals surface area contributed by atoms with Crippen molar-refractivity contribution in [3.63, 3.8) is 0 Å². The average molecular weight is 216 g/mol. The summed E-state index contributed by atoms with van der Waals surface area (Å²) in [5, 5.41) is 7.09. The van der Waals surface area contributed by atoms with Gasteiger partial charge in [0.1, 0.15) is 0 Å². The molecular weight excluding hydrogens is 192 g/mol. The number of thioether (sulfide) groups is 1. The predicted molar refractivity (Wildman–Crippen MR) is 66.1 cm³/mol. The first kappa shape index (κ1) is 12.3. The molecule has 0 spiro atoms. The van der Waals surface area contributed by atoms with Crippen LogP contribution in [0, 0.1) is 0 Å². The molecule has 0 aromatic rings. The van der Waals surface area contributed by atoms with E-state index in [1.165, 1.54) is 25.8 Å². The van der Waals surface area contributed by atoms with Crippen LogP contribution in [0.3, 0.4) is 0 Å². The molecule has 1 aliphatic heterocycles. The molecule has 0 amide bonds. The van der Waals surface area contributed by atoms with Crippen molar-refractivity contribution in [1.29, 1.82) is 0 Å². The highest BCUT2D eigenvalue weighted by Gasteiger charge is 2.26. The Bertz CT molecular complexity index is 143. The third-order valence-electron chi connectivity index (χ3n) is 3.49. The van der Waals surface area contributed by atoms with E-state index in [1.807, 2.05) is 11.8 Å². The van der Waals surface area contributed by atoms with Crippen LogP contribution in [0.2, 0.25) is 0 Å². The molecule has 1 aliphatic rings. The molecule has 1 heterocycles. The van der Waals surface area contributed by atoms with Crippen LogP contribution < -0.4 is 10.6 Å². The zero-order chi connectivity index (χ0) is 10.4. The largest absolute Gasteiger partial charge is 0.315 e. The van der Waals surface area contributed by atoms with E-state index in [4.69, 9.17) is 0 Å². The molecule has 0 saturated carbocycles. The lowest BCUT2D eigenvalue weighted by Gasteiger charge is -2.31. The number of hydrogen-bond donors (Lipinski definition) is 2. The summed E-state index contributed by atoms with van der Waals surface area (Å²) in [6, 6.07) is 0.708. The minimum Gasteiger partial charge on any atom is -0.315 e. The van der Waals surface area contributed by atoms with Gasteiger partial charge in [-0.15, -0.1) is 0 Å². The molecule has 0 aromatic carbocycles. The second kappa shape index (κ2) is 5.99. The van der Waals surface area contributed by atoms with Gasteiger partial charge in [0, 0.05) is 23.9 Å². The highest BCUT2D eigenvalue weighted by molar-refractivity contribution is 8.00. The van der Waals surface area contributed by atoms with Crippen LogP contribution in [0.1, 0.15) is 33.1 Å². The highest BCUT2D eigenvalue weighted by Crippen LogP contribution is 2.29. The molecule has 1 rings (SSSR count). The van der Waals surface area contributed by atoms with Crippen molar-refractivity contribution in [3.8, 4) is 0 Å². The van der Waals surface area contributed by atoms with E-state index in [0.717, 1.165) is 13.1 Å². The Labute approximate surface area is 92.6 Å². The van der Waals surface area contributed by atoms with Gasteiger partial charge in [-0.25, -0.2) is 0 Å². The summed E-state index contributed by atoms with van der Waals surface area (Å²) < 4.78 is 0.461. The smallest absolute Gasteiger partial charge is 0.0276 e. The van der Waals surface area contributed by atoms with Crippen LogP contribution >= 0.6 is 11.8 Å². The van der Waals surface area contributed by atoms with Gasteiger partial charge in [-0.1, -0.05) is 13.8 Å². The van der Waals surface area contributed by atoms with Crippen LogP contribution in [0.5, 0.6) is 0 Å². The molecule has 0 radical (unpaired) electrons. The first-order valence-corrected chi connectivity index (χ1v) is 6.98. The molecule has 1 unspecified atom stereocenters. The van der Waals surface area contributed by atoms with Crippen LogP contribution in [-0.4, -0.2) is 36.7 Å². The van der Waals surface area contributed by atoms with E-state index in [-0.39, 0.29) is 0 Å². The van der Waals surface area contributed by atoms with Gasteiger partial charge in [0.2, 0.25) is 0 Å². The van der Waals surface area contributed by atoms with Crippen molar-refractivity contribution in [1.82, 2.24) is 10.6 Å². The van der Waals surface area contributed by atoms with Crippen LogP contribution in [0.25, 0.3) is 0 Å². The van der Waals surface area contributed by atoms with Crippen molar-refractivity contribution in [3.05, 3.63) is 0 Å². The second-order valence-corrected chi connectivity index (χ2v) is 5.44. The quantitative estimate of drug-likeness (QED) is 0.709. The van der Waals surface area contributed by atoms with Crippen molar-refractivity contribution in [2.75, 3.05) is 25.9 Å². The number of nitrogens with one attached hydrogen (secondary N) is 2. The molecule has 0 aliphatic carbocycles. The van der Waals surface area contributed by atoms with Gasteiger partial charge in [0.25, 0.3) is 0 Å². The Balaban J connectivity index is 2.31. The molecule has 3 heteroatoms. The molecule has 0 bridgehead atoms. The molecule has 84 valence electrons.